The summed E-state index contributed by atoms with van der Waals surface area (Å²) in [7, 11) is 0. The van der Waals surface area contributed by atoms with Crippen LogP contribution in [-0.4, -0.2) is 17.5 Å². The first-order chi connectivity index (χ1) is 13.1. The van der Waals surface area contributed by atoms with Crippen molar-refractivity contribution in [1.82, 2.24) is 4.98 Å². The standard InChI is InChI=1S/C22H23N3O2/c1-4-27-21-8-6-5-7-19(21)25-22(26)20-12-11-18(14-23-20)24-17-10-9-15(2)16(3)13-17/h5-14,24H,4H2,1-3H3,(H,25,26). The van der Waals surface area contributed by atoms with E-state index < -0.39 is 0 Å². The highest BCUT2D eigenvalue weighted by atomic mass is 16.5. The molecule has 0 atom stereocenters. The van der Waals surface area contributed by atoms with Crippen molar-refractivity contribution >= 4 is 23.0 Å². The SMILES string of the molecule is CCOc1ccccc1NC(=O)c1ccc(Nc2ccc(C)c(C)c2)cn1. The fraction of sp³-hybridized carbons (Fsp3) is 0.182. The van der Waals surface area contributed by atoms with Gasteiger partial charge < -0.3 is 15.4 Å². The van der Waals surface area contributed by atoms with Crippen molar-refractivity contribution in [1.29, 1.82) is 0 Å². The monoisotopic (exact) mass is 361 g/mol. The molecule has 0 spiro atoms. The number of amides is 1. The van der Waals surface area contributed by atoms with Gasteiger partial charge in [0.15, 0.2) is 0 Å². The molecule has 1 aromatic heterocycles. The number of hydrogen-bond acceptors (Lipinski definition) is 4. The van der Waals surface area contributed by atoms with E-state index in [9.17, 15) is 4.79 Å². The summed E-state index contributed by atoms with van der Waals surface area (Å²) in [5.74, 6) is 0.362. The van der Waals surface area contributed by atoms with Gasteiger partial charge in [0.2, 0.25) is 0 Å². The Morgan fingerprint density at radius 3 is 2.48 bits per heavy atom. The van der Waals surface area contributed by atoms with E-state index in [1.165, 1.54) is 11.1 Å². The topological polar surface area (TPSA) is 63.2 Å². The fourth-order valence-corrected chi connectivity index (χ4v) is 2.63. The van der Waals surface area contributed by atoms with Crippen LogP contribution in [0, 0.1) is 13.8 Å². The summed E-state index contributed by atoms with van der Waals surface area (Å²) in [5.41, 5.74) is 5.25. The minimum Gasteiger partial charge on any atom is -0.492 e. The Bertz CT molecular complexity index is 937. The fourth-order valence-electron chi connectivity index (χ4n) is 2.63. The second kappa shape index (κ2) is 8.36. The van der Waals surface area contributed by atoms with Crippen LogP contribution < -0.4 is 15.4 Å². The summed E-state index contributed by atoms with van der Waals surface area (Å²) in [5, 5.41) is 6.15. The maximum absolute atomic E-state index is 12.5. The Balaban J connectivity index is 1.69. The zero-order valence-electron chi connectivity index (χ0n) is 15.7. The van der Waals surface area contributed by atoms with Crippen LogP contribution in [0.1, 0.15) is 28.5 Å². The van der Waals surface area contributed by atoms with E-state index in [1.807, 2.05) is 37.3 Å². The Morgan fingerprint density at radius 2 is 1.78 bits per heavy atom. The summed E-state index contributed by atoms with van der Waals surface area (Å²) in [6.45, 7) is 6.59. The Morgan fingerprint density at radius 1 is 1.00 bits per heavy atom. The quantitative estimate of drug-likeness (QED) is 0.642. The second-order valence-corrected chi connectivity index (χ2v) is 6.24. The van der Waals surface area contributed by atoms with E-state index in [-0.39, 0.29) is 5.91 Å². The highest BCUT2D eigenvalue weighted by Crippen LogP contribution is 2.24. The molecule has 2 aromatic carbocycles. The van der Waals surface area contributed by atoms with E-state index in [0.29, 0.717) is 23.7 Å². The lowest BCUT2D eigenvalue weighted by Gasteiger charge is -2.11. The van der Waals surface area contributed by atoms with E-state index in [2.05, 4.69) is 41.6 Å². The lowest BCUT2D eigenvalue weighted by Crippen LogP contribution is -2.14. The van der Waals surface area contributed by atoms with Crippen LogP contribution in [0.25, 0.3) is 0 Å². The third-order valence-electron chi connectivity index (χ3n) is 4.23. The van der Waals surface area contributed by atoms with Crippen LogP contribution in [0.4, 0.5) is 17.1 Å². The van der Waals surface area contributed by atoms with Gasteiger partial charge in [-0.1, -0.05) is 18.2 Å². The number of carbonyl (C=O) groups excluding carboxylic acids is 1. The number of pyridine rings is 1. The van der Waals surface area contributed by atoms with Gasteiger partial charge in [0.25, 0.3) is 5.91 Å². The largest absolute Gasteiger partial charge is 0.492 e. The van der Waals surface area contributed by atoms with Crippen LogP contribution in [0.15, 0.2) is 60.8 Å². The summed E-state index contributed by atoms with van der Waals surface area (Å²) in [4.78, 5) is 16.7. The molecule has 1 amide bonds. The van der Waals surface area contributed by atoms with E-state index in [0.717, 1.165) is 11.4 Å². The lowest BCUT2D eigenvalue weighted by molar-refractivity contribution is 0.102. The minimum absolute atomic E-state index is 0.278. The number of ether oxygens (including phenoxy) is 1. The summed E-state index contributed by atoms with van der Waals surface area (Å²) in [6.07, 6.45) is 1.65. The molecule has 3 aromatic rings. The van der Waals surface area contributed by atoms with Crippen molar-refractivity contribution in [2.75, 3.05) is 17.2 Å². The van der Waals surface area contributed by atoms with Crippen LogP contribution in [0.3, 0.4) is 0 Å². The van der Waals surface area contributed by atoms with Gasteiger partial charge in [-0.25, -0.2) is 4.98 Å². The zero-order valence-corrected chi connectivity index (χ0v) is 15.7. The number of hydrogen-bond donors (Lipinski definition) is 2. The van der Waals surface area contributed by atoms with E-state index >= 15 is 0 Å². The normalized spacial score (nSPS) is 10.3. The van der Waals surface area contributed by atoms with E-state index in [1.54, 1.807) is 18.3 Å². The highest BCUT2D eigenvalue weighted by Gasteiger charge is 2.11. The molecule has 0 saturated carbocycles. The maximum atomic E-state index is 12.5. The Hall–Kier alpha value is -3.34. The number of rotatable bonds is 6. The first-order valence-corrected chi connectivity index (χ1v) is 8.90. The first-order valence-electron chi connectivity index (χ1n) is 8.90. The third kappa shape index (κ3) is 4.64. The molecule has 0 bridgehead atoms. The molecule has 0 radical (unpaired) electrons. The molecule has 0 unspecified atom stereocenters. The molecule has 1 heterocycles. The third-order valence-corrected chi connectivity index (χ3v) is 4.23. The number of aromatic nitrogens is 1. The maximum Gasteiger partial charge on any atom is 0.274 e. The molecule has 27 heavy (non-hydrogen) atoms. The number of carbonyl (C=O) groups is 1. The molecular weight excluding hydrogens is 338 g/mol. The number of nitrogens with one attached hydrogen (secondary N) is 2. The van der Waals surface area contributed by atoms with E-state index in [4.69, 9.17) is 4.74 Å². The van der Waals surface area contributed by atoms with Crippen LogP contribution in [-0.2, 0) is 0 Å². The summed E-state index contributed by atoms with van der Waals surface area (Å²) >= 11 is 0. The van der Waals surface area contributed by atoms with Gasteiger partial charge in [0.1, 0.15) is 11.4 Å². The van der Waals surface area contributed by atoms with Crippen molar-refractivity contribution in [3.05, 3.63) is 77.6 Å². The molecule has 3 rings (SSSR count). The smallest absolute Gasteiger partial charge is 0.274 e. The first kappa shape index (κ1) is 18.5. The molecule has 5 nitrogen and oxygen atoms in total. The highest BCUT2D eigenvalue weighted by molar-refractivity contribution is 6.03. The molecule has 138 valence electrons. The van der Waals surface area contributed by atoms with Gasteiger partial charge in [-0.3, -0.25) is 4.79 Å². The predicted molar refractivity (Wildman–Crippen MR) is 109 cm³/mol. The number of benzene rings is 2. The van der Waals surface area contributed by atoms with Crippen LogP contribution >= 0.6 is 0 Å². The van der Waals surface area contributed by atoms with Crippen LogP contribution in [0.2, 0.25) is 0 Å². The molecule has 2 N–H and O–H groups in total. The molecule has 0 fully saturated rings. The van der Waals surface area contributed by atoms with Gasteiger partial charge in [-0.15, -0.1) is 0 Å². The van der Waals surface area contributed by atoms with Gasteiger partial charge >= 0.3 is 0 Å². The van der Waals surface area contributed by atoms with Gasteiger partial charge in [0.05, 0.1) is 24.2 Å². The number of anilines is 3. The minimum atomic E-state index is -0.278. The van der Waals surface area contributed by atoms with Gasteiger partial charge in [0, 0.05) is 5.69 Å². The Labute approximate surface area is 159 Å². The number of nitrogens with zero attached hydrogens (tertiary/aromatic N) is 1. The average molecular weight is 361 g/mol. The molecule has 0 aliphatic carbocycles. The Kier molecular flexibility index (Phi) is 5.71. The molecule has 5 heteroatoms. The van der Waals surface area contributed by atoms with Crippen molar-refractivity contribution in [3.8, 4) is 5.75 Å². The number of para-hydroxylation sites is 2. The number of aryl methyl sites for hydroxylation is 2. The molecular formula is C22H23N3O2. The van der Waals surface area contributed by atoms with Crippen molar-refractivity contribution in [3.63, 3.8) is 0 Å². The molecule has 0 aliphatic rings. The van der Waals surface area contributed by atoms with Crippen molar-refractivity contribution < 1.29 is 9.53 Å². The summed E-state index contributed by atoms with van der Waals surface area (Å²) < 4.78 is 5.53. The second-order valence-electron chi connectivity index (χ2n) is 6.24. The summed E-state index contributed by atoms with van der Waals surface area (Å²) in [6, 6.07) is 17.1. The zero-order chi connectivity index (χ0) is 19.2. The van der Waals surface area contributed by atoms with Crippen molar-refractivity contribution in [2.24, 2.45) is 0 Å². The molecule has 0 saturated heterocycles. The van der Waals surface area contributed by atoms with Crippen LogP contribution in [0.5, 0.6) is 5.75 Å². The van der Waals surface area contributed by atoms with Gasteiger partial charge in [-0.05, 0) is 68.3 Å². The van der Waals surface area contributed by atoms with Gasteiger partial charge in [-0.2, -0.15) is 0 Å². The lowest BCUT2D eigenvalue weighted by atomic mass is 10.1. The molecule has 0 aliphatic heterocycles. The average Bonchev–Trinajstić information content (AvgIpc) is 2.67. The predicted octanol–water partition coefficient (Wildman–Crippen LogP) is 5.09. The van der Waals surface area contributed by atoms with Crippen molar-refractivity contribution in [2.45, 2.75) is 20.8 Å².